The summed E-state index contributed by atoms with van der Waals surface area (Å²) in [5.74, 6) is -0.909. The summed E-state index contributed by atoms with van der Waals surface area (Å²) in [7, 11) is -3.76. The second-order valence-electron chi connectivity index (χ2n) is 8.29. The SMILES string of the molecule is O=C(CS(=O)(=O)Nc1ccc(N2CCCCC2)cc1)N1CCC(Nc2ccccc2)C1. The van der Waals surface area contributed by atoms with Gasteiger partial charge in [0.05, 0.1) is 0 Å². The topological polar surface area (TPSA) is 81.8 Å². The molecule has 2 heterocycles. The quantitative estimate of drug-likeness (QED) is 0.689. The van der Waals surface area contributed by atoms with Crippen LogP contribution in [0.25, 0.3) is 0 Å². The van der Waals surface area contributed by atoms with E-state index >= 15 is 0 Å². The number of benzene rings is 2. The predicted octanol–water partition coefficient (Wildman–Crippen LogP) is 3.13. The van der Waals surface area contributed by atoms with Crippen molar-refractivity contribution < 1.29 is 13.2 Å². The second kappa shape index (κ2) is 9.60. The summed E-state index contributed by atoms with van der Waals surface area (Å²) >= 11 is 0. The minimum atomic E-state index is -3.76. The van der Waals surface area contributed by atoms with E-state index in [1.165, 1.54) is 19.3 Å². The Labute approximate surface area is 184 Å². The highest BCUT2D eigenvalue weighted by Gasteiger charge is 2.29. The molecule has 2 aromatic rings. The second-order valence-corrected chi connectivity index (χ2v) is 10.0. The minimum absolute atomic E-state index is 0.129. The Kier molecular flexibility index (Phi) is 6.65. The van der Waals surface area contributed by atoms with E-state index in [1.54, 1.807) is 17.0 Å². The van der Waals surface area contributed by atoms with Crippen molar-refractivity contribution in [1.29, 1.82) is 0 Å². The molecule has 2 aromatic carbocycles. The fraction of sp³-hybridized carbons (Fsp3) is 0.435. The number of para-hydroxylation sites is 1. The van der Waals surface area contributed by atoms with E-state index in [1.807, 2.05) is 42.5 Å². The lowest BCUT2D eigenvalue weighted by atomic mass is 10.1. The molecular formula is C23H30N4O3S. The van der Waals surface area contributed by atoms with Crippen molar-refractivity contribution in [2.75, 3.05) is 46.9 Å². The highest BCUT2D eigenvalue weighted by atomic mass is 32.2. The Morgan fingerprint density at radius 2 is 1.61 bits per heavy atom. The number of amides is 1. The first-order chi connectivity index (χ1) is 15.0. The third-order valence-electron chi connectivity index (χ3n) is 5.86. The largest absolute Gasteiger partial charge is 0.380 e. The van der Waals surface area contributed by atoms with Gasteiger partial charge in [-0.05, 0) is 62.1 Å². The highest BCUT2D eigenvalue weighted by Crippen LogP contribution is 2.22. The Hall–Kier alpha value is -2.74. The lowest BCUT2D eigenvalue weighted by Crippen LogP contribution is -2.37. The molecule has 2 fully saturated rings. The number of rotatable bonds is 7. The number of carbonyl (C=O) groups is 1. The molecule has 4 rings (SSSR count). The summed E-state index contributed by atoms with van der Waals surface area (Å²) in [5, 5.41) is 3.40. The normalized spacial score (nSPS) is 19.3. The number of piperidine rings is 1. The molecule has 0 saturated carbocycles. The molecule has 2 saturated heterocycles. The summed E-state index contributed by atoms with van der Waals surface area (Å²) in [6, 6.07) is 17.4. The highest BCUT2D eigenvalue weighted by molar-refractivity contribution is 7.93. The molecule has 2 aliphatic heterocycles. The van der Waals surface area contributed by atoms with Crippen molar-refractivity contribution in [3.05, 3.63) is 54.6 Å². The van der Waals surface area contributed by atoms with Gasteiger partial charge in [0.25, 0.3) is 0 Å². The van der Waals surface area contributed by atoms with Gasteiger partial charge in [-0.15, -0.1) is 0 Å². The Bertz CT molecular complexity index is 974. The molecule has 1 atom stereocenters. The number of hydrogen-bond acceptors (Lipinski definition) is 5. The summed E-state index contributed by atoms with van der Waals surface area (Å²) in [5.41, 5.74) is 2.59. The molecule has 0 bridgehead atoms. The van der Waals surface area contributed by atoms with E-state index < -0.39 is 15.8 Å². The standard InChI is InChI=1S/C23H30N4O3S/c28-23(27-16-13-21(17-27)24-19-7-3-1-4-8-19)18-31(29,30)25-20-9-11-22(12-10-20)26-14-5-2-6-15-26/h1,3-4,7-12,21,24-25H,2,5-6,13-18H2. The van der Waals surface area contributed by atoms with Crippen LogP contribution in [0.4, 0.5) is 17.1 Å². The maximum absolute atomic E-state index is 12.6. The van der Waals surface area contributed by atoms with Crippen molar-refractivity contribution in [2.24, 2.45) is 0 Å². The molecule has 166 valence electrons. The van der Waals surface area contributed by atoms with Gasteiger partial charge in [0.1, 0.15) is 5.75 Å². The van der Waals surface area contributed by atoms with Gasteiger partial charge in [0.2, 0.25) is 15.9 Å². The molecule has 0 aliphatic carbocycles. The van der Waals surface area contributed by atoms with E-state index in [0.717, 1.165) is 30.9 Å². The van der Waals surface area contributed by atoms with Crippen LogP contribution < -0.4 is 14.9 Å². The smallest absolute Gasteiger partial charge is 0.241 e. The van der Waals surface area contributed by atoms with E-state index in [0.29, 0.717) is 18.8 Å². The van der Waals surface area contributed by atoms with Gasteiger partial charge in [0, 0.05) is 49.3 Å². The predicted molar refractivity (Wildman–Crippen MR) is 125 cm³/mol. The zero-order chi connectivity index (χ0) is 21.7. The van der Waals surface area contributed by atoms with E-state index in [4.69, 9.17) is 0 Å². The van der Waals surface area contributed by atoms with Crippen LogP contribution in [0.5, 0.6) is 0 Å². The van der Waals surface area contributed by atoms with Gasteiger partial charge in [0.15, 0.2) is 0 Å². The van der Waals surface area contributed by atoms with Gasteiger partial charge in [-0.25, -0.2) is 8.42 Å². The number of sulfonamides is 1. The molecule has 1 amide bonds. The summed E-state index contributed by atoms with van der Waals surface area (Å²) in [4.78, 5) is 16.5. The fourth-order valence-electron chi connectivity index (χ4n) is 4.24. The fourth-order valence-corrected chi connectivity index (χ4v) is 5.31. The van der Waals surface area contributed by atoms with Crippen molar-refractivity contribution in [3.63, 3.8) is 0 Å². The number of nitrogens with one attached hydrogen (secondary N) is 2. The van der Waals surface area contributed by atoms with Crippen molar-refractivity contribution in [1.82, 2.24) is 4.90 Å². The number of likely N-dealkylation sites (tertiary alicyclic amines) is 1. The first kappa shape index (κ1) is 21.5. The number of anilines is 3. The maximum atomic E-state index is 12.6. The molecular weight excluding hydrogens is 412 g/mol. The summed E-state index contributed by atoms with van der Waals surface area (Å²) in [6.07, 6.45) is 4.44. The summed E-state index contributed by atoms with van der Waals surface area (Å²) < 4.78 is 27.6. The van der Waals surface area contributed by atoms with Crippen LogP contribution in [0, 0.1) is 0 Å². The van der Waals surface area contributed by atoms with Gasteiger partial charge < -0.3 is 15.1 Å². The van der Waals surface area contributed by atoms with Crippen LogP contribution in [0.2, 0.25) is 0 Å². The molecule has 8 heteroatoms. The van der Waals surface area contributed by atoms with Crippen molar-refractivity contribution in [3.8, 4) is 0 Å². The first-order valence-corrected chi connectivity index (χ1v) is 12.6. The average Bonchev–Trinajstić information content (AvgIpc) is 3.24. The van der Waals surface area contributed by atoms with Crippen molar-refractivity contribution >= 4 is 33.0 Å². The molecule has 0 spiro atoms. The monoisotopic (exact) mass is 442 g/mol. The molecule has 7 nitrogen and oxygen atoms in total. The Morgan fingerprint density at radius 3 is 2.32 bits per heavy atom. The number of carbonyl (C=O) groups excluding carboxylic acids is 1. The lowest BCUT2D eigenvalue weighted by molar-refractivity contribution is -0.127. The van der Waals surface area contributed by atoms with E-state index in [2.05, 4.69) is 14.9 Å². The lowest BCUT2D eigenvalue weighted by Gasteiger charge is -2.28. The number of nitrogens with zero attached hydrogens (tertiary/aromatic N) is 2. The third-order valence-corrected chi connectivity index (χ3v) is 7.03. The van der Waals surface area contributed by atoms with Crippen LogP contribution in [0.1, 0.15) is 25.7 Å². The van der Waals surface area contributed by atoms with Gasteiger partial charge in [-0.1, -0.05) is 18.2 Å². The zero-order valence-electron chi connectivity index (χ0n) is 17.7. The maximum Gasteiger partial charge on any atom is 0.241 e. The average molecular weight is 443 g/mol. The van der Waals surface area contributed by atoms with E-state index in [9.17, 15) is 13.2 Å². The Morgan fingerprint density at radius 1 is 0.903 bits per heavy atom. The molecule has 31 heavy (non-hydrogen) atoms. The van der Waals surface area contributed by atoms with Gasteiger partial charge >= 0.3 is 0 Å². The molecule has 0 radical (unpaired) electrons. The zero-order valence-corrected chi connectivity index (χ0v) is 18.5. The van der Waals surface area contributed by atoms with Crippen LogP contribution >= 0.6 is 0 Å². The molecule has 0 aromatic heterocycles. The van der Waals surface area contributed by atoms with Gasteiger partial charge in [-0.3, -0.25) is 9.52 Å². The molecule has 2 aliphatic rings. The Balaban J connectivity index is 1.28. The molecule has 1 unspecified atom stereocenters. The van der Waals surface area contributed by atoms with Crippen LogP contribution in [0.3, 0.4) is 0 Å². The molecule has 2 N–H and O–H groups in total. The van der Waals surface area contributed by atoms with Crippen molar-refractivity contribution in [2.45, 2.75) is 31.7 Å². The first-order valence-electron chi connectivity index (χ1n) is 10.9. The summed E-state index contributed by atoms with van der Waals surface area (Å²) in [6.45, 7) is 3.14. The van der Waals surface area contributed by atoms with Crippen LogP contribution in [-0.4, -0.2) is 57.2 Å². The van der Waals surface area contributed by atoms with Crippen LogP contribution in [0.15, 0.2) is 54.6 Å². The van der Waals surface area contributed by atoms with Gasteiger partial charge in [-0.2, -0.15) is 0 Å². The minimum Gasteiger partial charge on any atom is -0.380 e. The van der Waals surface area contributed by atoms with E-state index in [-0.39, 0.29) is 11.9 Å². The third kappa shape index (κ3) is 5.91. The van der Waals surface area contributed by atoms with Crippen LogP contribution in [-0.2, 0) is 14.8 Å². The number of hydrogen-bond donors (Lipinski definition) is 2.